The van der Waals surface area contributed by atoms with Gasteiger partial charge in [-0.05, 0) is 24.6 Å². The zero-order valence-corrected chi connectivity index (χ0v) is 20.5. The maximum atomic E-state index is 13.1. The van der Waals surface area contributed by atoms with E-state index < -0.39 is 10.8 Å². The fourth-order valence-corrected chi connectivity index (χ4v) is 3.49. The Bertz CT molecular complexity index is 1200. The summed E-state index contributed by atoms with van der Waals surface area (Å²) >= 11 is 0. The number of carbonyl (C=O) groups is 2. The minimum atomic E-state index is -0.544. The molecule has 3 aromatic rings. The third kappa shape index (κ3) is 6.53. The van der Waals surface area contributed by atoms with Gasteiger partial charge in [0.25, 0.3) is 11.6 Å². The molecule has 9 nitrogen and oxygen atoms in total. The number of anilines is 1. The van der Waals surface area contributed by atoms with Crippen molar-refractivity contribution < 1.29 is 14.5 Å². The summed E-state index contributed by atoms with van der Waals surface area (Å²) in [7, 11) is 0. The summed E-state index contributed by atoms with van der Waals surface area (Å²) in [5, 5.41) is 18.7. The van der Waals surface area contributed by atoms with Gasteiger partial charge in [0.2, 0.25) is 5.91 Å². The van der Waals surface area contributed by atoms with Crippen LogP contribution in [0.3, 0.4) is 0 Å². The molecule has 0 atom stereocenters. The van der Waals surface area contributed by atoms with Crippen molar-refractivity contribution >= 4 is 23.3 Å². The second-order valence-corrected chi connectivity index (χ2v) is 9.35. The molecular formula is C26H31N5O4. The van der Waals surface area contributed by atoms with Crippen molar-refractivity contribution in [3.8, 4) is 5.69 Å². The van der Waals surface area contributed by atoms with E-state index >= 15 is 0 Å². The van der Waals surface area contributed by atoms with Crippen LogP contribution in [0.25, 0.3) is 5.69 Å². The summed E-state index contributed by atoms with van der Waals surface area (Å²) in [4.78, 5) is 38.2. The number of nitrogens with one attached hydrogen (secondary N) is 1. The standard InChI is InChI=1S/C26H31N5O4/c1-5-6-15-29(25(33)19-11-10-14-21(16-19)31(34)35)18-24(32)27-23-17-22(26(2,3)4)28-30(23)20-12-8-7-9-13-20/h7-14,16-17H,5-6,15,18H2,1-4H3,(H,27,32). The quantitative estimate of drug-likeness (QED) is 0.346. The van der Waals surface area contributed by atoms with Gasteiger partial charge in [-0.3, -0.25) is 19.7 Å². The molecule has 0 saturated heterocycles. The Morgan fingerprint density at radius 2 is 1.80 bits per heavy atom. The molecule has 0 radical (unpaired) electrons. The highest BCUT2D eigenvalue weighted by Gasteiger charge is 2.24. The summed E-state index contributed by atoms with van der Waals surface area (Å²) in [6.45, 7) is 8.28. The van der Waals surface area contributed by atoms with E-state index in [1.165, 1.54) is 29.2 Å². The Balaban J connectivity index is 1.85. The molecule has 1 N–H and O–H groups in total. The number of benzene rings is 2. The van der Waals surface area contributed by atoms with E-state index in [4.69, 9.17) is 5.10 Å². The van der Waals surface area contributed by atoms with Crippen LogP contribution in [0.5, 0.6) is 0 Å². The molecule has 0 unspecified atom stereocenters. The van der Waals surface area contributed by atoms with Crippen LogP contribution in [-0.4, -0.2) is 44.5 Å². The van der Waals surface area contributed by atoms with E-state index in [1.807, 2.05) is 64.1 Å². The zero-order valence-electron chi connectivity index (χ0n) is 20.5. The molecule has 35 heavy (non-hydrogen) atoms. The first kappa shape index (κ1) is 25.6. The van der Waals surface area contributed by atoms with Gasteiger partial charge in [0.05, 0.1) is 16.3 Å². The lowest BCUT2D eigenvalue weighted by molar-refractivity contribution is -0.384. The van der Waals surface area contributed by atoms with Gasteiger partial charge in [-0.25, -0.2) is 4.68 Å². The van der Waals surface area contributed by atoms with E-state index in [2.05, 4.69) is 5.32 Å². The lowest BCUT2D eigenvalue weighted by Gasteiger charge is -2.22. The molecule has 2 aromatic carbocycles. The molecule has 0 aliphatic heterocycles. The average Bonchev–Trinajstić information content (AvgIpc) is 3.26. The summed E-state index contributed by atoms with van der Waals surface area (Å²) < 4.78 is 1.68. The number of rotatable bonds is 9. The molecule has 2 amide bonds. The molecule has 1 aromatic heterocycles. The molecule has 3 rings (SSSR count). The van der Waals surface area contributed by atoms with Gasteiger partial charge in [-0.2, -0.15) is 5.10 Å². The zero-order chi connectivity index (χ0) is 25.6. The smallest absolute Gasteiger partial charge is 0.270 e. The van der Waals surface area contributed by atoms with Gasteiger partial charge in [0.1, 0.15) is 12.4 Å². The van der Waals surface area contributed by atoms with Crippen LogP contribution in [0, 0.1) is 10.1 Å². The Morgan fingerprint density at radius 3 is 2.43 bits per heavy atom. The molecule has 9 heteroatoms. The van der Waals surface area contributed by atoms with Crippen LogP contribution in [0.4, 0.5) is 11.5 Å². The Morgan fingerprint density at radius 1 is 1.09 bits per heavy atom. The molecule has 0 fully saturated rings. The summed E-state index contributed by atoms with van der Waals surface area (Å²) in [5.41, 5.74) is 1.38. The number of nitro groups is 1. The first-order chi connectivity index (χ1) is 16.6. The van der Waals surface area contributed by atoms with Crippen LogP contribution < -0.4 is 5.32 Å². The molecule has 184 valence electrons. The number of aromatic nitrogens is 2. The van der Waals surface area contributed by atoms with Crippen LogP contribution in [-0.2, 0) is 10.2 Å². The number of non-ortho nitro benzene ring substituents is 1. The van der Waals surface area contributed by atoms with Crippen LogP contribution in [0.2, 0.25) is 0 Å². The number of unbranched alkanes of at least 4 members (excludes halogenated alkanes) is 1. The number of nitrogens with zero attached hydrogens (tertiary/aromatic N) is 4. The van der Waals surface area contributed by atoms with E-state index in [-0.39, 0.29) is 29.1 Å². The van der Waals surface area contributed by atoms with Crippen molar-refractivity contribution in [1.29, 1.82) is 0 Å². The van der Waals surface area contributed by atoms with Gasteiger partial charge < -0.3 is 10.2 Å². The normalized spacial score (nSPS) is 11.2. The minimum absolute atomic E-state index is 0.169. The SMILES string of the molecule is CCCCN(CC(=O)Nc1cc(C(C)(C)C)nn1-c1ccccc1)C(=O)c1cccc([N+](=O)[O-])c1. The first-order valence-electron chi connectivity index (χ1n) is 11.6. The van der Waals surface area contributed by atoms with Crippen molar-refractivity contribution in [2.75, 3.05) is 18.4 Å². The van der Waals surface area contributed by atoms with Crippen molar-refractivity contribution in [1.82, 2.24) is 14.7 Å². The fourth-order valence-electron chi connectivity index (χ4n) is 3.49. The number of hydrogen-bond donors (Lipinski definition) is 1. The third-order valence-corrected chi connectivity index (χ3v) is 5.45. The number of nitro benzene ring substituents is 1. The third-order valence-electron chi connectivity index (χ3n) is 5.45. The predicted molar refractivity (Wildman–Crippen MR) is 135 cm³/mol. The predicted octanol–water partition coefficient (Wildman–Crippen LogP) is 4.96. The topological polar surface area (TPSA) is 110 Å². The maximum Gasteiger partial charge on any atom is 0.270 e. The van der Waals surface area contributed by atoms with E-state index in [0.717, 1.165) is 17.8 Å². The number of para-hydroxylation sites is 1. The second-order valence-electron chi connectivity index (χ2n) is 9.35. The van der Waals surface area contributed by atoms with Crippen LogP contribution >= 0.6 is 0 Å². The highest BCUT2D eigenvalue weighted by Crippen LogP contribution is 2.26. The molecule has 1 heterocycles. The maximum absolute atomic E-state index is 13.1. The summed E-state index contributed by atoms with van der Waals surface area (Å²) in [5.74, 6) is -0.300. The van der Waals surface area contributed by atoms with E-state index in [9.17, 15) is 19.7 Å². The van der Waals surface area contributed by atoms with Gasteiger partial charge in [-0.1, -0.05) is 58.4 Å². The Labute approximate surface area is 204 Å². The highest BCUT2D eigenvalue weighted by molar-refractivity contribution is 5.99. The average molecular weight is 478 g/mol. The summed E-state index contributed by atoms with van der Waals surface area (Å²) in [6.07, 6.45) is 1.53. The molecule has 0 bridgehead atoms. The van der Waals surface area contributed by atoms with Gasteiger partial charge in [-0.15, -0.1) is 0 Å². The molecule has 0 aliphatic rings. The van der Waals surface area contributed by atoms with E-state index in [0.29, 0.717) is 18.8 Å². The molecule has 0 spiro atoms. The summed E-state index contributed by atoms with van der Waals surface area (Å²) in [6, 6.07) is 16.9. The number of carbonyl (C=O) groups excluding carboxylic acids is 2. The van der Waals surface area contributed by atoms with E-state index in [1.54, 1.807) is 4.68 Å². The van der Waals surface area contributed by atoms with Gasteiger partial charge in [0, 0.05) is 35.7 Å². The van der Waals surface area contributed by atoms with Gasteiger partial charge >= 0.3 is 0 Å². The molecule has 0 saturated carbocycles. The Kier molecular flexibility index (Phi) is 8.01. The van der Waals surface area contributed by atoms with Crippen molar-refractivity contribution in [3.63, 3.8) is 0 Å². The lowest BCUT2D eigenvalue weighted by atomic mass is 9.92. The molecular weight excluding hydrogens is 446 g/mol. The largest absolute Gasteiger partial charge is 0.329 e. The van der Waals surface area contributed by atoms with Crippen LogP contribution in [0.15, 0.2) is 60.7 Å². The van der Waals surface area contributed by atoms with Crippen LogP contribution in [0.1, 0.15) is 56.6 Å². The first-order valence-corrected chi connectivity index (χ1v) is 11.6. The lowest BCUT2D eigenvalue weighted by Crippen LogP contribution is -2.39. The number of amides is 2. The fraction of sp³-hybridized carbons (Fsp3) is 0.346. The van der Waals surface area contributed by atoms with Crippen molar-refractivity contribution in [2.45, 2.75) is 46.0 Å². The second kappa shape index (κ2) is 10.9. The van der Waals surface area contributed by atoms with Crippen molar-refractivity contribution in [2.24, 2.45) is 0 Å². The monoisotopic (exact) mass is 477 g/mol. The van der Waals surface area contributed by atoms with Crippen molar-refractivity contribution in [3.05, 3.63) is 82.0 Å². The van der Waals surface area contributed by atoms with Gasteiger partial charge in [0.15, 0.2) is 0 Å². The Hall–Kier alpha value is -4.01. The highest BCUT2D eigenvalue weighted by atomic mass is 16.6. The number of hydrogen-bond acceptors (Lipinski definition) is 5. The molecule has 0 aliphatic carbocycles. The minimum Gasteiger partial charge on any atom is -0.329 e.